The van der Waals surface area contributed by atoms with Crippen LogP contribution in [0.25, 0.3) is 0 Å². The summed E-state index contributed by atoms with van der Waals surface area (Å²) in [5.41, 5.74) is 0.824. The average Bonchev–Trinajstić information content (AvgIpc) is 2.62. The molecule has 6 heteroatoms. The van der Waals surface area contributed by atoms with Crippen LogP contribution in [0.4, 0.5) is 0 Å². The van der Waals surface area contributed by atoms with Crippen LogP contribution in [0.5, 0.6) is 0 Å². The Balaban J connectivity index is 2.16. The van der Waals surface area contributed by atoms with E-state index in [9.17, 15) is 9.59 Å². The lowest BCUT2D eigenvalue weighted by atomic mass is 10.2. The lowest BCUT2D eigenvalue weighted by molar-refractivity contribution is 0.0691. The van der Waals surface area contributed by atoms with Crippen LogP contribution in [0, 0.1) is 6.92 Å². The Labute approximate surface area is 118 Å². The van der Waals surface area contributed by atoms with Crippen LogP contribution in [0.3, 0.4) is 0 Å². The molecule has 108 valence electrons. The molecule has 1 aliphatic heterocycles. The molecule has 6 nitrogen and oxygen atoms in total. The lowest BCUT2D eigenvalue weighted by Gasteiger charge is -2.20. The first-order valence-corrected chi connectivity index (χ1v) is 6.68. The first-order valence-electron chi connectivity index (χ1n) is 6.68. The summed E-state index contributed by atoms with van der Waals surface area (Å²) in [6.07, 6.45) is 0.939. The monoisotopic (exact) mass is 277 g/mol. The molecule has 0 atom stereocenters. The summed E-state index contributed by atoms with van der Waals surface area (Å²) in [5, 5.41) is 8.97. The fraction of sp³-hybridized carbons (Fsp3) is 0.500. The maximum absolute atomic E-state index is 12.4. The molecule has 0 aromatic carbocycles. The van der Waals surface area contributed by atoms with Crippen molar-refractivity contribution in [2.75, 3.05) is 33.2 Å². The number of aromatic nitrogens is 1. The van der Waals surface area contributed by atoms with Crippen LogP contribution >= 0.6 is 0 Å². The number of carbonyl (C=O) groups excluding carboxylic acids is 1. The Kier molecular flexibility index (Phi) is 4.34. The molecule has 0 aliphatic carbocycles. The van der Waals surface area contributed by atoms with Gasteiger partial charge in [0.2, 0.25) is 0 Å². The second kappa shape index (κ2) is 6.00. The van der Waals surface area contributed by atoms with Gasteiger partial charge in [0.15, 0.2) is 0 Å². The van der Waals surface area contributed by atoms with Gasteiger partial charge in [-0.1, -0.05) is 0 Å². The van der Waals surface area contributed by atoms with E-state index in [0.717, 1.165) is 19.5 Å². The van der Waals surface area contributed by atoms with Crippen molar-refractivity contribution in [1.29, 1.82) is 0 Å². The molecular formula is C14H19N3O3. The highest BCUT2D eigenvalue weighted by Crippen LogP contribution is 2.11. The smallest absolute Gasteiger partial charge is 0.337 e. The molecule has 1 aromatic rings. The number of likely N-dealkylation sites (N-methyl/N-ethyl adjacent to an activating group) is 1. The van der Waals surface area contributed by atoms with Crippen LogP contribution < -0.4 is 0 Å². The molecule has 0 bridgehead atoms. The number of carboxylic acids is 1. The summed E-state index contributed by atoms with van der Waals surface area (Å²) in [5.74, 6) is -1.15. The molecule has 2 rings (SSSR count). The van der Waals surface area contributed by atoms with Gasteiger partial charge in [0.05, 0.1) is 11.3 Å². The third kappa shape index (κ3) is 3.14. The topological polar surface area (TPSA) is 73.7 Å². The van der Waals surface area contributed by atoms with Gasteiger partial charge in [-0.2, -0.15) is 0 Å². The number of carbonyl (C=O) groups is 2. The standard InChI is InChI=1S/C14H19N3O3/c1-10-11(14(19)20)4-5-12(15-10)13(18)17-7-3-6-16(2)8-9-17/h4-5H,3,6-9H2,1-2H3,(H,19,20). The number of pyridine rings is 1. The first-order chi connectivity index (χ1) is 9.49. The maximum atomic E-state index is 12.4. The molecule has 20 heavy (non-hydrogen) atoms. The number of amides is 1. The van der Waals surface area contributed by atoms with E-state index in [2.05, 4.69) is 9.88 Å². The summed E-state index contributed by atoms with van der Waals surface area (Å²) >= 11 is 0. The minimum atomic E-state index is -1.02. The molecular weight excluding hydrogens is 258 g/mol. The van der Waals surface area contributed by atoms with Crippen molar-refractivity contribution in [3.8, 4) is 0 Å². The molecule has 0 unspecified atom stereocenters. The third-order valence-electron chi connectivity index (χ3n) is 3.54. The van der Waals surface area contributed by atoms with Crippen LogP contribution in [-0.4, -0.2) is 65.0 Å². The number of hydrogen-bond acceptors (Lipinski definition) is 4. The van der Waals surface area contributed by atoms with Gasteiger partial charge in [0, 0.05) is 19.6 Å². The molecule has 2 heterocycles. The van der Waals surface area contributed by atoms with Crippen LogP contribution in [-0.2, 0) is 0 Å². The zero-order valence-electron chi connectivity index (χ0n) is 11.8. The van der Waals surface area contributed by atoms with Gasteiger partial charge in [-0.15, -0.1) is 0 Å². The number of hydrogen-bond donors (Lipinski definition) is 1. The summed E-state index contributed by atoms with van der Waals surface area (Å²) in [7, 11) is 2.04. The van der Waals surface area contributed by atoms with E-state index in [4.69, 9.17) is 5.11 Å². The van der Waals surface area contributed by atoms with Gasteiger partial charge in [-0.3, -0.25) is 4.79 Å². The molecule has 1 aliphatic rings. The number of aryl methyl sites for hydroxylation is 1. The Morgan fingerprint density at radius 3 is 2.60 bits per heavy atom. The zero-order chi connectivity index (χ0) is 14.7. The predicted molar refractivity (Wildman–Crippen MR) is 74.0 cm³/mol. The Hall–Kier alpha value is -1.95. The first kappa shape index (κ1) is 14.5. The SMILES string of the molecule is Cc1nc(C(=O)N2CCCN(C)CC2)ccc1C(=O)O. The Morgan fingerprint density at radius 2 is 1.95 bits per heavy atom. The Morgan fingerprint density at radius 1 is 1.20 bits per heavy atom. The fourth-order valence-electron chi connectivity index (χ4n) is 2.32. The minimum absolute atomic E-state index is 0.125. The molecule has 0 saturated carbocycles. The minimum Gasteiger partial charge on any atom is -0.478 e. The van der Waals surface area contributed by atoms with E-state index in [1.807, 2.05) is 7.05 Å². The van der Waals surface area contributed by atoms with E-state index in [1.54, 1.807) is 11.8 Å². The summed E-state index contributed by atoms with van der Waals surface area (Å²) < 4.78 is 0. The number of rotatable bonds is 2. The van der Waals surface area contributed by atoms with Crippen molar-refractivity contribution in [3.05, 3.63) is 29.1 Å². The van der Waals surface area contributed by atoms with E-state index in [1.165, 1.54) is 12.1 Å². The van der Waals surface area contributed by atoms with Crippen molar-refractivity contribution in [3.63, 3.8) is 0 Å². The highest BCUT2D eigenvalue weighted by atomic mass is 16.4. The van der Waals surface area contributed by atoms with Crippen molar-refractivity contribution in [2.45, 2.75) is 13.3 Å². The van der Waals surface area contributed by atoms with Gasteiger partial charge in [-0.05, 0) is 39.1 Å². The van der Waals surface area contributed by atoms with Crippen LogP contribution in [0.1, 0.15) is 33.0 Å². The van der Waals surface area contributed by atoms with Gasteiger partial charge in [0.25, 0.3) is 5.91 Å². The average molecular weight is 277 g/mol. The maximum Gasteiger partial charge on any atom is 0.337 e. The molecule has 0 spiro atoms. The zero-order valence-corrected chi connectivity index (χ0v) is 11.8. The summed E-state index contributed by atoms with van der Waals surface area (Å²) in [6, 6.07) is 2.94. The summed E-state index contributed by atoms with van der Waals surface area (Å²) in [4.78, 5) is 31.4. The van der Waals surface area contributed by atoms with Gasteiger partial charge in [-0.25, -0.2) is 9.78 Å². The fourth-order valence-corrected chi connectivity index (χ4v) is 2.32. The van der Waals surface area contributed by atoms with Crippen molar-refractivity contribution in [2.24, 2.45) is 0 Å². The van der Waals surface area contributed by atoms with Gasteiger partial charge < -0.3 is 14.9 Å². The molecule has 1 N–H and O–H groups in total. The number of aromatic carboxylic acids is 1. The second-order valence-corrected chi connectivity index (χ2v) is 5.08. The van der Waals surface area contributed by atoms with Crippen LogP contribution in [0.15, 0.2) is 12.1 Å². The predicted octanol–water partition coefficient (Wildman–Crippen LogP) is 0.866. The van der Waals surface area contributed by atoms with Gasteiger partial charge >= 0.3 is 5.97 Å². The van der Waals surface area contributed by atoms with Crippen molar-refractivity contribution in [1.82, 2.24) is 14.8 Å². The number of nitrogens with zero attached hydrogens (tertiary/aromatic N) is 3. The van der Waals surface area contributed by atoms with Crippen LogP contribution in [0.2, 0.25) is 0 Å². The molecule has 1 fully saturated rings. The van der Waals surface area contributed by atoms with E-state index >= 15 is 0 Å². The Bertz CT molecular complexity index is 530. The highest BCUT2D eigenvalue weighted by Gasteiger charge is 2.21. The van der Waals surface area contributed by atoms with E-state index < -0.39 is 5.97 Å². The normalized spacial score (nSPS) is 16.8. The molecule has 1 amide bonds. The molecule has 0 radical (unpaired) electrons. The molecule has 1 aromatic heterocycles. The van der Waals surface area contributed by atoms with E-state index in [0.29, 0.717) is 24.5 Å². The second-order valence-electron chi connectivity index (χ2n) is 5.08. The third-order valence-corrected chi connectivity index (χ3v) is 3.54. The summed E-state index contributed by atoms with van der Waals surface area (Å²) in [6.45, 7) is 4.82. The molecule has 1 saturated heterocycles. The van der Waals surface area contributed by atoms with Crippen molar-refractivity contribution >= 4 is 11.9 Å². The largest absolute Gasteiger partial charge is 0.478 e. The van der Waals surface area contributed by atoms with E-state index in [-0.39, 0.29) is 11.5 Å². The number of carboxylic acid groups (broad SMARTS) is 1. The quantitative estimate of drug-likeness (QED) is 0.868. The van der Waals surface area contributed by atoms with Crippen molar-refractivity contribution < 1.29 is 14.7 Å². The van der Waals surface area contributed by atoms with Gasteiger partial charge in [0.1, 0.15) is 5.69 Å². The lowest BCUT2D eigenvalue weighted by Crippen LogP contribution is -2.35. The highest BCUT2D eigenvalue weighted by molar-refractivity contribution is 5.94.